The number of aliphatic hydroxyl groups excluding tert-OH is 1. The maximum atomic E-state index is 13.1. The van der Waals surface area contributed by atoms with Crippen LogP contribution in [0.4, 0.5) is 10.5 Å². The highest BCUT2D eigenvalue weighted by Gasteiger charge is 2.40. The molecule has 0 bridgehead atoms. The molecule has 2 heterocycles. The molecule has 3 N–H and O–H groups in total. The van der Waals surface area contributed by atoms with Crippen molar-refractivity contribution in [3.05, 3.63) is 59.1 Å². The number of hydrogen-bond acceptors (Lipinski definition) is 6. The number of amides is 3. The van der Waals surface area contributed by atoms with Gasteiger partial charge in [0.1, 0.15) is 11.9 Å². The molecule has 2 aromatic rings. The van der Waals surface area contributed by atoms with Gasteiger partial charge in [0, 0.05) is 22.8 Å². The smallest absolute Gasteiger partial charge is 0.322 e. The lowest BCUT2D eigenvalue weighted by atomic mass is 9.95. The fourth-order valence-electron chi connectivity index (χ4n) is 4.62. The first kappa shape index (κ1) is 26.2. The minimum Gasteiger partial charge on any atom is -0.496 e. The number of carbonyl (C=O) groups excluding carboxylic acids is 2. The highest BCUT2D eigenvalue weighted by atomic mass is 35.5. The number of nitrogens with one attached hydrogen (secondary N) is 2. The number of nitrogens with zero attached hydrogens (tertiary/aromatic N) is 1. The van der Waals surface area contributed by atoms with Crippen LogP contribution in [0.3, 0.4) is 0 Å². The molecule has 2 aliphatic rings. The molecule has 2 fully saturated rings. The SMILES string of the molecule is COc1ccccc1CNC(=O)C[C@H]1CC[C@H]2[C@@H](COC[C@@H](O)CN2C(=O)Nc2ccc(Cl)cc2)O1. The second-order valence-electron chi connectivity index (χ2n) is 9.01. The lowest BCUT2D eigenvalue weighted by Gasteiger charge is -2.44. The molecule has 10 heteroatoms. The van der Waals surface area contributed by atoms with Crippen molar-refractivity contribution in [2.24, 2.45) is 0 Å². The van der Waals surface area contributed by atoms with Crippen molar-refractivity contribution >= 4 is 29.2 Å². The minimum absolute atomic E-state index is 0.0986. The number of ether oxygens (including phenoxy) is 3. The van der Waals surface area contributed by atoms with Crippen LogP contribution in [0.2, 0.25) is 5.02 Å². The van der Waals surface area contributed by atoms with Crippen molar-refractivity contribution in [3.8, 4) is 5.75 Å². The van der Waals surface area contributed by atoms with Gasteiger partial charge in [0.25, 0.3) is 0 Å². The Morgan fingerprint density at radius 1 is 1.14 bits per heavy atom. The monoisotopic (exact) mass is 517 g/mol. The summed E-state index contributed by atoms with van der Waals surface area (Å²) in [5, 5.41) is 16.7. The van der Waals surface area contributed by atoms with Gasteiger partial charge in [0.2, 0.25) is 5.91 Å². The van der Waals surface area contributed by atoms with Crippen LogP contribution in [0.5, 0.6) is 5.75 Å². The Bertz CT molecular complexity index is 1040. The number of benzene rings is 2. The first-order valence-electron chi connectivity index (χ1n) is 12.1. The van der Waals surface area contributed by atoms with Gasteiger partial charge in [-0.15, -0.1) is 0 Å². The Hall–Kier alpha value is -2.85. The maximum Gasteiger partial charge on any atom is 0.322 e. The fourth-order valence-corrected chi connectivity index (χ4v) is 4.75. The van der Waals surface area contributed by atoms with Gasteiger partial charge < -0.3 is 34.9 Å². The Balaban J connectivity index is 1.35. The Morgan fingerprint density at radius 2 is 1.92 bits per heavy atom. The number of methoxy groups -OCH3 is 1. The Morgan fingerprint density at radius 3 is 2.69 bits per heavy atom. The molecule has 36 heavy (non-hydrogen) atoms. The Labute approximate surface area is 215 Å². The number of para-hydroxylation sites is 1. The van der Waals surface area contributed by atoms with Gasteiger partial charge in [-0.1, -0.05) is 29.8 Å². The van der Waals surface area contributed by atoms with Crippen molar-refractivity contribution in [2.45, 2.75) is 50.2 Å². The zero-order valence-electron chi connectivity index (χ0n) is 20.2. The molecule has 2 aliphatic heterocycles. The van der Waals surface area contributed by atoms with Gasteiger partial charge >= 0.3 is 6.03 Å². The van der Waals surface area contributed by atoms with E-state index in [0.717, 1.165) is 11.3 Å². The third kappa shape index (κ3) is 6.88. The van der Waals surface area contributed by atoms with Crippen LogP contribution in [-0.4, -0.2) is 73.2 Å². The van der Waals surface area contributed by atoms with Crippen LogP contribution in [0, 0.1) is 0 Å². The molecule has 9 nitrogen and oxygen atoms in total. The standard InChI is InChI=1S/C26H32ClN3O6/c1-34-23-5-3-2-4-17(23)13-28-25(32)12-21-10-11-22-24(36-21)16-35-15-20(31)14-30(22)26(33)29-19-8-6-18(27)7-9-19/h2-9,20-22,24,31H,10-16H2,1H3,(H,28,32)(H,29,33)/t20-,21+,22-,24+/m0/s1. The summed E-state index contributed by atoms with van der Waals surface area (Å²) in [5.74, 6) is 0.601. The van der Waals surface area contributed by atoms with Gasteiger partial charge in [-0.2, -0.15) is 0 Å². The topological polar surface area (TPSA) is 109 Å². The number of fused-ring (bicyclic) bond motifs is 1. The highest BCUT2D eigenvalue weighted by Crippen LogP contribution is 2.28. The fraction of sp³-hybridized carbons (Fsp3) is 0.462. The van der Waals surface area contributed by atoms with E-state index < -0.39 is 12.2 Å². The maximum absolute atomic E-state index is 13.1. The summed E-state index contributed by atoms with van der Waals surface area (Å²) in [6, 6.07) is 13.8. The Kier molecular flexibility index (Phi) is 9.03. The quantitative estimate of drug-likeness (QED) is 0.543. The molecule has 0 unspecified atom stereocenters. The van der Waals surface area contributed by atoms with Gasteiger partial charge in [-0.25, -0.2) is 4.79 Å². The summed E-state index contributed by atoms with van der Waals surface area (Å²) in [7, 11) is 1.60. The number of anilines is 1. The first-order valence-corrected chi connectivity index (χ1v) is 12.4. The predicted molar refractivity (Wildman–Crippen MR) is 135 cm³/mol. The average Bonchev–Trinajstić information content (AvgIpc) is 2.87. The summed E-state index contributed by atoms with van der Waals surface area (Å²) in [5.41, 5.74) is 1.50. The van der Waals surface area contributed by atoms with Gasteiger partial charge in [0.15, 0.2) is 0 Å². The van der Waals surface area contributed by atoms with E-state index in [-0.39, 0.29) is 50.3 Å². The second-order valence-corrected chi connectivity index (χ2v) is 9.45. The van der Waals surface area contributed by atoms with E-state index in [1.54, 1.807) is 36.3 Å². The number of rotatable bonds is 6. The summed E-state index contributed by atoms with van der Waals surface area (Å²) in [6.07, 6.45) is -0.0750. The first-order chi connectivity index (χ1) is 17.4. The van der Waals surface area contributed by atoms with Crippen LogP contribution in [0.15, 0.2) is 48.5 Å². The molecule has 2 aromatic carbocycles. The number of β-amino-alcohol motifs (C(OH)–C–C–N with tert-alkyl or cyclic N) is 1. The normalized spacial score (nSPS) is 24.1. The van der Waals surface area contributed by atoms with Crippen LogP contribution in [0.1, 0.15) is 24.8 Å². The molecule has 0 radical (unpaired) electrons. The van der Waals surface area contributed by atoms with E-state index in [0.29, 0.717) is 30.1 Å². The molecular formula is C26H32ClN3O6. The summed E-state index contributed by atoms with van der Waals surface area (Å²) >= 11 is 5.94. The third-order valence-electron chi connectivity index (χ3n) is 6.42. The van der Waals surface area contributed by atoms with Crippen molar-refractivity contribution < 1.29 is 28.9 Å². The molecule has 0 saturated carbocycles. The summed E-state index contributed by atoms with van der Waals surface area (Å²) in [6.45, 7) is 0.808. The van der Waals surface area contributed by atoms with Gasteiger partial charge in [-0.3, -0.25) is 4.79 Å². The van der Waals surface area contributed by atoms with E-state index in [1.807, 2.05) is 24.3 Å². The van der Waals surface area contributed by atoms with E-state index in [1.165, 1.54) is 0 Å². The van der Waals surface area contributed by atoms with Crippen LogP contribution < -0.4 is 15.4 Å². The van der Waals surface area contributed by atoms with E-state index >= 15 is 0 Å². The molecule has 194 valence electrons. The zero-order chi connectivity index (χ0) is 25.5. The molecule has 0 spiro atoms. The molecule has 4 atom stereocenters. The lowest BCUT2D eigenvalue weighted by Crippen LogP contribution is -2.58. The molecule has 0 aliphatic carbocycles. The highest BCUT2D eigenvalue weighted by molar-refractivity contribution is 6.30. The molecule has 0 aromatic heterocycles. The number of aliphatic hydroxyl groups is 1. The molecule has 4 rings (SSSR count). The van der Waals surface area contributed by atoms with Crippen LogP contribution >= 0.6 is 11.6 Å². The third-order valence-corrected chi connectivity index (χ3v) is 6.67. The second kappa shape index (κ2) is 12.4. The number of hydrogen-bond donors (Lipinski definition) is 3. The van der Waals surface area contributed by atoms with Crippen molar-refractivity contribution in [2.75, 3.05) is 32.2 Å². The summed E-state index contributed by atoms with van der Waals surface area (Å²) < 4.78 is 17.2. The molecule has 2 saturated heterocycles. The number of halogens is 1. The number of carbonyl (C=O) groups is 2. The summed E-state index contributed by atoms with van der Waals surface area (Å²) in [4.78, 5) is 27.4. The predicted octanol–water partition coefficient (Wildman–Crippen LogP) is 3.20. The van der Waals surface area contributed by atoms with E-state index in [2.05, 4.69) is 10.6 Å². The van der Waals surface area contributed by atoms with Gasteiger partial charge in [-0.05, 0) is 43.2 Å². The molecular weight excluding hydrogens is 486 g/mol. The van der Waals surface area contributed by atoms with E-state index in [9.17, 15) is 14.7 Å². The average molecular weight is 518 g/mol. The zero-order valence-corrected chi connectivity index (χ0v) is 20.9. The minimum atomic E-state index is -0.805. The number of urea groups is 1. The van der Waals surface area contributed by atoms with Gasteiger partial charge in [0.05, 0.1) is 51.5 Å². The van der Waals surface area contributed by atoms with Crippen LogP contribution in [-0.2, 0) is 20.8 Å². The van der Waals surface area contributed by atoms with E-state index in [4.69, 9.17) is 25.8 Å². The van der Waals surface area contributed by atoms with Crippen LogP contribution in [0.25, 0.3) is 0 Å². The molecule has 3 amide bonds. The van der Waals surface area contributed by atoms with Crippen molar-refractivity contribution in [1.82, 2.24) is 10.2 Å². The lowest BCUT2D eigenvalue weighted by molar-refractivity contribution is -0.149. The largest absolute Gasteiger partial charge is 0.496 e. The van der Waals surface area contributed by atoms with Crippen molar-refractivity contribution in [1.29, 1.82) is 0 Å². The van der Waals surface area contributed by atoms with Crippen molar-refractivity contribution in [3.63, 3.8) is 0 Å².